The Kier molecular flexibility index (Phi) is 4.49. The normalized spacial score (nSPS) is 10.6. The van der Waals surface area contributed by atoms with Gasteiger partial charge in [-0.25, -0.2) is 15.8 Å². The summed E-state index contributed by atoms with van der Waals surface area (Å²) in [4.78, 5) is 8.61. The summed E-state index contributed by atoms with van der Waals surface area (Å²) in [5.41, 5.74) is 4.30. The van der Waals surface area contributed by atoms with Crippen LogP contribution < -0.4 is 16.6 Å². The zero-order valence-electron chi connectivity index (χ0n) is 11.8. The van der Waals surface area contributed by atoms with E-state index in [0.717, 1.165) is 11.4 Å². The molecule has 0 aliphatic carbocycles. The Morgan fingerprint density at radius 3 is 2.70 bits per heavy atom. The van der Waals surface area contributed by atoms with Gasteiger partial charge in [-0.3, -0.25) is 4.68 Å². The van der Waals surface area contributed by atoms with Crippen LogP contribution in [0, 0.1) is 6.92 Å². The number of nitrogens with zero attached hydrogens (tertiary/aromatic N) is 4. The molecular formula is C12H19N7O. The number of anilines is 3. The average Bonchev–Trinajstić information content (AvgIpc) is 2.74. The Morgan fingerprint density at radius 1 is 1.35 bits per heavy atom. The van der Waals surface area contributed by atoms with Crippen molar-refractivity contribution < 1.29 is 4.74 Å². The summed E-state index contributed by atoms with van der Waals surface area (Å²) in [5, 5.41) is 7.47. The number of nitrogens with one attached hydrogen (secondary N) is 2. The van der Waals surface area contributed by atoms with Gasteiger partial charge in [-0.1, -0.05) is 0 Å². The lowest BCUT2D eigenvalue weighted by Crippen LogP contribution is -2.12. The molecule has 2 heterocycles. The number of aryl methyl sites for hydroxylation is 2. The molecular weight excluding hydrogens is 258 g/mol. The first-order valence-corrected chi connectivity index (χ1v) is 6.32. The molecule has 2 aromatic rings. The second kappa shape index (κ2) is 6.31. The van der Waals surface area contributed by atoms with Crippen LogP contribution in [0.2, 0.25) is 0 Å². The first-order valence-electron chi connectivity index (χ1n) is 6.32. The third kappa shape index (κ3) is 3.43. The molecule has 2 aromatic heterocycles. The third-order valence-corrected chi connectivity index (χ3v) is 2.63. The maximum absolute atomic E-state index is 5.42. The van der Waals surface area contributed by atoms with Crippen molar-refractivity contribution in [3.8, 4) is 0 Å². The molecule has 20 heavy (non-hydrogen) atoms. The van der Waals surface area contributed by atoms with Gasteiger partial charge in [-0.05, 0) is 13.8 Å². The summed E-state index contributed by atoms with van der Waals surface area (Å²) in [6.07, 6.45) is 1.88. The monoisotopic (exact) mass is 277 g/mol. The lowest BCUT2D eigenvalue weighted by molar-refractivity contribution is 0.128. The van der Waals surface area contributed by atoms with E-state index in [1.807, 2.05) is 27.1 Å². The van der Waals surface area contributed by atoms with Gasteiger partial charge in [0.15, 0.2) is 5.82 Å². The quantitative estimate of drug-likeness (QED) is 0.536. The number of nitrogens with two attached hydrogens (primary N) is 1. The molecule has 4 N–H and O–H groups in total. The first kappa shape index (κ1) is 14.2. The standard InChI is InChI=1S/C12H19N7O/c1-4-20-7-12-15-10(5-11(16-12)17-13)14-9-6-19(3)18-8(9)2/h5-6H,4,7,13H2,1-3H3,(H2,14,15,16,17). The highest BCUT2D eigenvalue weighted by Gasteiger charge is 2.08. The van der Waals surface area contributed by atoms with Crippen molar-refractivity contribution >= 4 is 17.3 Å². The van der Waals surface area contributed by atoms with Crippen LogP contribution in [0.25, 0.3) is 0 Å². The average molecular weight is 277 g/mol. The van der Waals surface area contributed by atoms with Crippen molar-refractivity contribution in [2.24, 2.45) is 12.9 Å². The molecule has 0 spiro atoms. The predicted molar refractivity (Wildman–Crippen MR) is 76.4 cm³/mol. The van der Waals surface area contributed by atoms with E-state index in [9.17, 15) is 0 Å². The van der Waals surface area contributed by atoms with Crippen molar-refractivity contribution in [3.63, 3.8) is 0 Å². The fourth-order valence-electron chi connectivity index (χ4n) is 1.75. The molecule has 0 atom stereocenters. The zero-order valence-corrected chi connectivity index (χ0v) is 11.8. The summed E-state index contributed by atoms with van der Waals surface area (Å²) in [7, 11) is 1.87. The van der Waals surface area contributed by atoms with Crippen LogP contribution in [0.5, 0.6) is 0 Å². The molecule has 0 saturated heterocycles. The Balaban J connectivity index is 2.23. The molecule has 0 amide bonds. The second-order valence-corrected chi connectivity index (χ2v) is 4.26. The van der Waals surface area contributed by atoms with E-state index in [1.165, 1.54) is 0 Å². The van der Waals surface area contributed by atoms with Crippen molar-refractivity contribution in [3.05, 3.63) is 23.8 Å². The topological polar surface area (TPSA) is 103 Å². The van der Waals surface area contributed by atoms with E-state index in [4.69, 9.17) is 10.6 Å². The van der Waals surface area contributed by atoms with E-state index in [-0.39, 0.29) is 0 Å². The molecule has 0 unspecified atom stereocenters. The highest BCUT2D eigenvalue weighted by Crippen LogP contribution is 2.19. The summed E-state index contributed by atoms with van der Waals surface area (Å²) in [6.45, 7) is 4.79. The van der Waals surface area contributed by atoms with Crippen molar-refractivity contribution in [1.29, 1.82) is 0 Å². The van der Waals surface area contributed by atoms with Crippen LogP contribution in [0.15, 0.2) is 12.3 Å². The fraction of sp³-hybridized carbons (Fsp3) is 0.417. The first-order chi connectivity index (χ1) is 9.62. The van der Waals surface area contributed by atoms with Gasteiger partial charge in [0, 0.05) is 25.9 Å². The van der Waals surface area contributed by atoms with Crippen molar-refractivity contribution in [2.75, 3.05) is 17.3 Å². The third-order valence-electron chi connectivity index (χ3n) is 2.63. The molecule has 8 heteroatoms. The highest BCUT2D eigenvalue weighted by atomic mass is 16.5. The molecule has 0 fully saturated rings. The molecule has 0 aromatic carbocycles. The molecule has 0 bridgehead atoms. The summed E-state index contributed by atoms with van der Waals surface area (Å²) < 4.78 is 7.05. The summed E-state index contributed by atoms with van der Waals surface area (Å²) in [5.74, 6) is 7.14. The second-order valence-electron chi connectivity index (χ2n) is 4.26. The smallest absolute Gasteiger partial charge is 0.158 e. The number of hydrazine groups is 1. The van der Waals surface area contributed by atoms with E-state index in [2.05, 4.69) is 25.8 Å². The van der Waals surface area contributed by atoms with Crippen LogP contribution in [-0.2, 0) is 18.4 Å². The van der Waals surface area contributed by atoms with E-state index in [0.29, 0.717) is 30.7 Å². The van der Waals surface area contributed by atoms with Gasteiger partial charge in [0.1, 0.15) is 18.2 Å². The van der Waals surface area contributed by atoms with E-state index >= 15 is 0 Å². The molecule has 108 valence electrons. The molecule has 0 saturated carbocycles. The van der Waals surface area contributed by atoms with Gasteiger partial charge in [0.05, 0.1) is 11.4 Å². The Hall–Kier alpha value is -2.19. The molecule has 0 aliphatic rings. The number of ether oxygens (including phenoxy) is 1. The number of hydrogen-bond donors (Lipinski definition) is 3. The fourth-order valence-corrected chi connectivity index (χ4v) is 1.75. The van der Waals surface area contributed by atoms with Crippen molar-refractivity contribution in [2.45, 2.75) is 20.5 Å². The zero-order chi connectivity index (χ0) is 14.5. The minimum Gasteiger partial charge on any atom is -0.374 e. The summed E-state index contributed by atoms with van der Waals surface area (Å²) >= 11 is 0. The molecule has 2 rings (SSSR count). The largest absolute Gasteiger partial charge is 0.374 e. The minimum atomic E-state index is 0.340. The van der Waals surface area contributed by atoms with Gasteiger partial charge in [-0.2, -0.15) is 5.10 Å². The Labute approximate surface area is 117 Å². The number of rotatable bonds is 6. The SMILES string of the molecule is CCOCc1nc(NN)cc(Nc2cn(C)nc2C)n1. The van der Waals surface area contributed by atoms with Crippen LogP contribution >= 0.6 is 0 Å². The minimum absolute atomic E-state index is 0.340. The predicted octanol–water partition coefficient (Wildman–Crippen LogP) is 1.08. The Bertz CT molecular complexity index is 581. The molecule has 0 radical (unpaired) electrons. The van der Waals surface area contributed by atoms with Crippen LogP contribution in [0.1, 0.15) is 18.4 Å². The maximum atomic E-state index is 5.42. The van der Waals surface area contributed by atoms with Crippen LogP contribution in [0.4, 0.5) is 17.3 Å². The van der Waals surface area contributed by atoms with Gasteiger partial charge < -0.3 is 15.5 Å². The van der Waals surface area contributed by atoms with E-state index in [1.54, 1.807) is 10.7 Å². The van der Waals surface area contributed by atoms with Gasteiger partial charge in [-0.15, -0.1) is 0 Å². The van der Waals surface area contributed by atoms with Crippen molar-refractivity contribution in [1.82, 2.24) is 19.7 Å². The van der Waals surface area contributed by atoms with Gasteiger partial charge in [0.25, 0.3) is 0 Å². The van der Waals surface area contributed by atoms with Crippen LogP contribution in [0.3, 0.4) is 0 Å². The highest BCUT2D eigenvalue weighted by molar-refractivity contribution is 5.60. The van der Waals surface area contributed by atoms with Gasteiger partial charge in [0.2, 0.25) is 0 Å². The van der Waals surface area contributed by atoms with Gasteiger partial charge >= 0.3 is 0 Å². The number of nitrogen functional groups attached to an aromatic ring is 1. The van der Waals surface area contributed by atoms with Crippen LogP contribution in [-0.4, -0.2) is 26.4 Å². The lowest BCUT2D eigenvalue weighted by atomic mass is 10.4. The number of hydrogen-bond acceptors (Lipinski definition) is 7. The summed E-state index contributed by atoms with van der Waals surface area (Å²) in [6, 6.07) is 1.72. The lowest BCUT2D eigenvalue weighted by Gasteiger charge is -2.09. The molecule has 8 nitrogen and oxygen atoms in total. The Morgan fingerprint density at radius 2 is 2.10 bits per heavy atom. The maximum Gasteiger partial charge on any atom is 0.158 e. The molecule has 0 aliphatic heterocycles. The van der Waals surface area contributed by atoms with E-state index < -0.39 is 0 Å². The number of aromatic nitrogens is 4.